The number of nitrogens with zero attached hydrogens (tertiary/aromatic N) is 1. The quantitative estimate of drug-likeness (QED) is 0.763. The van der Waals surface area contributed by atoms with Gasteiger partial charge in [-0.2, -0.15) is 0 Å². The summed E-state index contributed by atoms with van der Waals surface area (Å²) in [7, 11) is 0. The number of carboxylic acids is 1. The lowest BCUT2D eigenvalue weighted by molar-refractivity contribution is -0.138. The summed E-state index contributed by atoms with van der Waals surface area (Å²) >= 11 is 0. The molecule has 0 aromatic heterocycles. The number of amides is 1. The highest BCUT2D eigenvalue weighted by molar-refractivity contribution is 5.79. The smallest absolute Gasteiger partial charge is 0.317 e. The average Bonchev–Trinajstić information content (AvgIpc) is 2.39. The fourth-order valence-electron chi connectivity index (χ4n) is 1.93. The molecule has 2 N–H and O–H groups in total. The lowest BCUT2D eigenvalue weighted by atomic mass is 10.1. The Morgan fingerprint density at radius 3 is 2.62 bits per heavy atom. The lowest BCUT2D eigenvalue weighted by Crippen LogP contribution is -2.40. The SMILES string of the molecule is CCCN(CC(=O)O)CC(=O)NCc1ccc(C)c(F)c1. The summed E-state index contributed by atoms with van der Waals surface area (Å²) in [4.78, 5) is 24.1. The number of carbonyl (C=O) groups excluding carboxylic acids is 1. The minimum absolute atomic E-state index is 0.0223. The highest BCUT2D eigenvalue weighted by Gasteiger charge is 2.13. The third-order valence-corrected chi connectivity index (χ3v) is 2.99. The van der Waals surface area contributed by atoms with E-state index in [0.717, 1.165) is 6.42 Å². The number of carboxylic acid groups (broad SMARTS) is 1. The van der Waals surface area contributed by atoms with Crippen molar-refractivity contribution in [1.29, 1.82) is 0 Å². The molecule has 0 bridgehead atoms. The first-order valence-corrected chi connectivity index (χ1v) is 6.88. The first-order valence-electron chi connectivity index (χ1n) is 6.88. The van der Waals surface area contributed by atoms with Crippen molar-refractivity contribution in [3.63, 3.8) is 0 Å². The Hall–Kier alpha value is -1.95. The van der Waals surface area contributed by atoms with Crippen LogP contribution in [-0.2, 0) is 16.1 Å². The largest absolute Gasteiger partial charge is 0.480 e. The van der Waals surface area contributed by atoms with Crippen LogP contribution < -0.4 is 5.32 Å². The molecular weight excluding hydrogens is 275 g/mol. The highest BCUT2D eigenvalue weighted by Crippen LogP contribution is 2.08. The van der Waals surface area contributed by atoms with Crippen molar-refractivity contribution in [3.8, 4) is 0 Å². The Morgan fingerprint density at radius 2 is 2.05 bits per heavy atom. The van der Waals surface area contributed by atoms with E-state index in [9.17, 15) is 14.0 Å². The number of benzene rings is 1. The van der Waals surface area contributed by atoms with Gasteiger partial charge in [0.25, 0.3) is 0 Å². The van der Waals surface area contributed by atoms with E-state index < -0.39 is 5.97 Å². The normalized spacial score (nSPS) is 10.7. The summed E-state index contributed by atoms with van der Waals surface area (Å²) in [5.41, 5.74) is 1.23. The minimum atomic E-state index is -0.961. The molecule has 1 aromatic rings. The second-order valence-electron chi connectivity index (χ2n) is 4.96. The molecule has 0 radical (unpaired) electrons. The third kappa shape index (κ3) is 6.35. The molecule has 0 aliphatic heterocycles. The van der Waals surface area contributed by atoms with Gasteiger partial charge < -0.3 is 10.4 Å². The fourth-order valence-corrected chi connectivity index (χ4v) is 1.93. The molecule has 1 aromatic carbocycles. The van der Waals surface area contributed by atoms with Crippen molar-refractivity contribution < 1.29 is 19.1 Å². The van der Waals surface area contributed by atoms with Gasteiger partial charge in [0.2, 0.25) is 5.91 Å². The number of halogens is 1. The van der Waals surface area contributed by atoms with E-state index in [4.69, 9.17) is 5.11 Å². The monoisotopic (exact) mass is 296 g/mol. The van der Waals surface area contributed by atoms with E-state index in [1.54, 1.807) is 24.0 Å². The Balaban J connectivity index is 2.48. The Bertz CT molecular complexity index is 506. The van der Waals surface area contributed by atoms with Gasteiger partial charge in [0.05, 0.1) is 13.1 Å². The van der Waals surface area contributed by atoms with Gasteiger partial charge in [-0.25, -0.2) is 4.39 Å². The molecule has 0 aliphatic carbocycles. The van der Waals surface area contributed by atoms with Crippen LogP contribution in [0.1, 0.15) is 24.5 Å². The molecular formula is C15H21FN2O3. The van der Waals surface area contributed by atoms with Gasteiger partial charge in [0.15, 0.2) is 0 Å². The van der Waals surface area contributed by atoms with Gasteiger partial charge in [0.1, 0.15) is 5.82 Å². The topological polar surface area (TPSA) is 69.6 Å². The zero-order valence-electron chi connectivity index (χ0n) is 12.4. The number of hydrogen-bond donors (Lipinski definition) is 2. The minimum Gasteiger partial charge on any atom is -0.480 e. The number of aliphatic carboxylic acids is 1. The molecule has 1 amide bonds. The summed E-state index contributed by atoms with van der Waals surface area (Å²) in [5, 5.41) is 11.4. The number of nitrogens with one attached hydrogen (secondary N) is 1. The molecule has 6 heteroatoms. The van der Waals surface area contributed by atoms with Gasteiger partial charge in [0, 0.05) is 6.54 Å². The molecule has 0 fully saturated rings. The maximum absolute atomic E-state index is 13.4. The molecule has 0 aliphatic rings. The van der Waals surface area contributed by atoms with Crippen LogP contribution in [0.25, 0.3) is 0 Å². The summed E-state index contributed by atoms with van der Waals surface area (Å²) < 4.78 is 13.4. The molecule has 21 heavy (non-hydrogen) atoms. The predicted molar refractivity (Wildman–Crippen MR) is 77.4 cm³/mol. The second-order valence-corrected chi connectivity index (χ2v) is 4.96. The van der Waals surface area contributed by atoms with Crippen LogP contribution in [-0.4, -0.2) is 41.5 Å². The van der Waals surface area contributed by atoms with Crippen molar-refractivity contribution in [2.45, 2.75) is 26.8 Å². The van der Waals surface area contributed by atoms with E-state index in [0.29, 0.717) is 17.7 Å². The van der Waals surface area contributed by atoms with Crippen molar-refractivity contribution in [1.82, 2.24) is 10.2 Å². The van der Waals surface area contributed by atoms with E-state index in [1.165, 1.54) is 6.07 Å². The van der Waals surface area contributed by atoms with E-state index in [2.05, 4.69) is 5.32 Å². The Kier molecular flexibility index (Phi) is 6.81. The maximum atomic E-state index is 13.4. The second kappa shape index (κ2) is 8.36. The summed E-state index contributed by atoms with van der Waals surface area (Å²) in [5.74, 6) is -1.54. The van der Waals surface area contributed by atoms with Crippen LogP contribution in [0.2, 0.25) is 0 Å². The first kappa shape index (κ1) is 17.1. The van der Waals surface area contributed by atoms with Gasteiger partial charge in [-0.15, -0.1) is 0 Å². The van der Waals surface area contributed by atoms with Crippen LogP contribution in [0.4, 0.5) is 4.39 Å². The molecule has 0 atom stereocenters. The molecule has 0 heterocycles. The van der Waals surface area contributed by atoms with E-state index >= 15 is 0 Å². The van der Waals surface area contributed by atoms with E-state index in [1.807, 2.05) is 6.92 Å². The summed E-state index contributed by atoms with van der Waals surface area (Å²) in [6.07, 6.45) is 0.768. The van der Waals surface area contributed by atoms with Crippen molar-refractivity contribution in [3.05, 3.63) is 35.1 Å². The number of hydrogen-bond acceptors (Lipinski definition) is 3. The molecule has 0 unspecified atom stereocenters. The van der Waals surface area contributed by atoms with Crippen LogP contribution >= 0.6 is 0 Å². The zero-order valence-corrected chi connectivity index (χ0v) is 12.4. The number of rotatable bonds is 8. The predicted octanol–water partition coefficient (Wildman–Crippen LogP) is 1.55. The lowest BCUT2D eigenvalue weighted by Gasteiger charge is -2.18. The van der Waals surface area contributed by atoms with Crippen molar-refractivity contribution >= 4 is 11.9 Å². The molecule has 0 saturated carbocycles. The number of carbonyl (C=O) groups is 2. The van der Waals surface area contributed by atoms with Crippen molar-refractivity contribution in [2.75, 3.05) is 19.6 Å². The van der Waals surface area contributed by atoms with Gasteiger partial charge in [-0.05, 0) is 37.1 Å². The van der Waals surface area contributed by atoms with E-state index in [-0.39, 0.29) is 31.4 Å². The first-order chi connectivity index (χ1) is 9.92. The van der Waals surface area contributed by atoms with Crippen LogP contribution in [0.3, 0.4) is 0 Å². The van der Waals surface area contributed by atoms with Crippen LogP contribution in [0, 0.1) is 12.7 Å². The maximum Gasteiger partial charge on any atom is 0.317 e. The molecule has 1 rings (SSSR count). The Labute approximate surface area is 123 Å². The average molecular weight is 296 g/mol. The summed E-state index contributed by atoms with van der Waals surface area (Å²) in [6, 6.07) is 4.79. The van der Waals surface area contributed by atoms with Gasteiger partial charge in [-0.3, -0.25) is 14.5 Å². The molecule has 116 valence electrons. The van der Waals surface area contributed by atoms with Gasteiger partial charge >= 0.3 is 5.97 Å². The van der Waals surface area contributed by atoms with Gasteiger partial charge in [-0.1, -0.05) is 19.1 Å². The summed E-state index contributed by atoms with van der Waals surface area (Å²) in [6.45, 7) is 4.21. The fraction of sp³-hybridized carbons (Fsp3) is 0.467. The highest BCUT2D eigenvalue weighted by atomic mass is 19.1. The third-order valence-electron chi connectivity index (χ3n) is 2.99. The van der Waals surface area contributed by atoms with Crippen molar-refractivity contribution in [2.24, 2.45) is 0 Å². The molecule has 0 saturated heterocycles. The molecule has 0 spiro atoms. The number of aryl methyl sites for hydroxylation is 1. The standard InChI is InChI=1S/C15H21FN2O3/c1-3-6-18(10-15(20)21)9-14(19)17-8-12-5-4-11(2)13(16)7-12/h4-5,7H,3,6,8-10H2,1-2H3,(H,17,19)(H,20,21). The Morgan fingerprint density at radius 1 is 1.33 bits per heavy atom. The van der Waals surface area contributed by atoms with Crippen LogP contribution in [0.5, 0.6) is 0 Å². The van der Waals surface area contributed by atoms with Crippen LogP contribution in [0.15, 0.2) is 18.2 Å². The zero-order chi connectivity index (χ0) is 15.8. The molecule has 5 nitrogen and oxygen atoms in total.